The van der Waals surface area contributed by atoms with E-state index >= 15 is 0 Å². The van der Waals surface area contributed by atoms with Crippen LogP contribution in [0.25, 0.3) is 11.0 Å². The van der Waals surface area contributed by atoms with E-state index in [9.17, 15) is 14.9 Å². The largest absolute Gasteiger partial charge is 0.464 e. The fourth-order valence-electron chi connectivity index (χ4n) is 4.02. The first-order valence-corrected chi connectivity index (χ1v) is 9.43. The molecule has 0 fully saturated rings. The first-order valence-electron chi connectivity index (χ1n) is 9.43. The maximum absolute atomic E-state index is 13.0. The minimum absolute atomic E-state index is 0.0259. The molecule has 28 heavy (non-hydrogen) atoms. The van der Waals surface area contributed by atoms with Crippen molar-refractivity contribution in [3.05, 3.63) is 69.0 Å². The van der Waals surface area contributed by atoms with E-state index in [0.717, 1.165) is 27.8 Å². The van der Waals surface area contributed by atoms with Crippen LogP contribution in [0.5, 0.6) is 0 Å². The smallest absolute Gasteiger partial charge is 0.269 e. The number of non-ortho nitro benzene ring substituents is 1. The highest BCUT2D eigenvalue weighted by molar-refractivity contribution is 5.99. The predicted molar refractivity (Wildman–Crippen MR) is 108 cm³/mol. The van der Waals surface area contributed by atoms with E-state index in [1.54, 1.807) is 23.3 Å². The number of benzene rings is 2. The molecular formula is C22H22N2O4. The van der Waals surface area contributed by atoms with Crippen molar-refractivity contribution < 1.29 is 14.1 Å². The highest BCUT2D eigenvalue weighted by Crippen LogP contribution is 2.33. The number of anilines is 1. The Morgan fingerprint density at radius 3 is 2.79 bits per heavy atom. The fourth-order valence-corrected chi connectivity index (χ4v) is 4.02. The number of amides is 1. The molecule has 4 rings (SSSR count). The first kappa shape index (κ1) is 18.2. The summed E-state index contributed by atoms with van der Waals surface area (Å²) in [6.07, 6.45) is 2.54. The van der Waals surface area contributed by atoms with E-state index in [2.05, 4.69) is 26.8 Å². The number of nitro benzene ring substituents is 1. The molecule has 0 radical (unpaired) electrons. The van der Waals surface area contributed by atoms with Gasteiger partial charge in [0.05, 0.1) is 17.6 Å². The molecule has 1 aliphatic heterocycles. The van der Waals surface area contributed by atoms with Gasteiger partial charge in [0.25, 0.3) is 5.69 Å². The predicted octanol–water partition coefficient (Wildman–Crippen LogP) is 4.90. The number of hydrogen-bond donors (Lipinski definition) is 0. The lowest BCUT2D eigenvalue weighted by Crippen LogP contribution is -2.30. The molecule has 0 saturated carbocycles. The van der Waals surface area contributed by atoms with Crippen LogP contribution in [-0.2, 0) is 17.6 Å². The molecule has 3 aromatic rings. The summed E-state index contributed by atoms with van der Waals surface area (Å²) in [6.45, 7) is 6.92. The van der Waals surface area contributed by atoms with Gasteiger partial charge in [0.2, 0.25) is 5.91 Å². The molecule has 0 saturated heterocycles. The lowest BCUT2D eigenvalue weighted by Gasteiger charge is -2.17. The van der Waals surface area contributed by atoms with Crippen molar-refractivity contribution in [1.82, 2.24) is 0 Å². The summed E-state index contributed by atoms with van der Waals surface area (Å²) in [4.78, 5) is 25.3. The molecule has 1 aliphatic rings. The van der Waals surface area contributed by atoms with Gasteiger partial charge in [-0.3, -0.25) is 14.9 Å². The first-order chi connectivity index (χ1) is 13.3. The van der Waals surface area contributed by atoms with Crippen LogP contribution in [0.1, 0.15) is 42.0 Å². The molecule has 6 nitrogen and oxygen atoms in total. The minimum Gasteiger partial charge on any atom is -0.464 e. The lowest BCUT2D eigenvalue weighted by molar-refractivity contribution is -0.384. The van der Waals surface area contributed by atoms with Crippen molar-refractivity contribution in [3.63, 3.8) is 0 Å². The average Bonchev–Trinajstić information content (AvgIpc) is 3.24. The Kier molecular flexibility index (Phi) is 4.41. The SMILES string of the molecule is Cc1cc2occ(CC(=O)N3CCc4cc([N+](=O)[O-])ccc43)c2cc1C(C)C. The summed E-state index contributed by atoms with van der Waals surface area (Å²) < 4.78 is 5.69. The van der Waals surface area contributed by atoms with Crippen molar-refractivity contribution in [1.29, 1.82) is 0 Å². The van der Waals surface area contributed by atoms with Crippen molar-refractivity contribution in [3.8, 4) is 0 Å². The van der Waals surface area contributed by atoms with Gasteiger partial charge in [-0.2, -0.15) is 0 Å². The Balaban J connectivity index is 1.62. The summed E-state index contributed by atoms with van der Waals surface area (Å²) in [6, 6.07) is 8.85. The van der Waals surface area contributed by atoms with Crippen LogP contribution in [-0.4, -0.2) is 17.4 Å². The number of rotatable bonds is 4. The quantitative estimate of drug-likeness (QED) is 0.478. The molecule has 0 unspecified atom stereocenters. The molecule has 144 valence electrons. The van der Waals surface area contributed by atoms with Gasteiger partial charge in [-0.15, -0.1) is 0 Å². The third-order valence-electron chi connectivity index (χ3n) is 5.48. The number of furan rings is 1. The average molecular weight is 378 g/mol. The van der Waals surface area contributed by atoms with E-state index in [-0.39, 0.29) is 18.0 Å². The maximum atomic E-state index is 13.0. The van der Waals surface area contributed by atoms with E-state index in [1.165, 1.54) is 17.2 Å². The second kappa shape index (κ2) is 6.78. The van der Waals surface area contributed by atoms with Gasteiger partial charge in [-0.1, -0.05) is 13.8 Å². The molecule has 2 aromatic carbocycles. The number of hydrogen-bond acceptors (Lipinski definition) is 4. The Bertz CT molecular complexity index is 1100. The lowest BCUT2D eigenvalue weighted by atomic mass is 9.95. The summed E-state index contributed by atoms with van der Waals surface area (Å²) in [5, 5.41) is 11.9. The van der Waals surface area contributed by atoms with Gasteiger partial charge in [-0.05, 0) is 54.2 Å². The maximum Gasteiger partial charge on any atom is 0.269 e. The van der Waals surface area contributed by atoms with Crippen LogP contribution in [0.3, 0.4) is 0 Å². The van der Waals surface area contributed by atoms with Crippen molar-refractivity contribution in [2.24, 2.45) is 0 Å². The molecular weight excluding hydrogens is 356 g/mol. The molecule has 0 spiro atoms. The second-order valence-corrected chi connectivity index (χ2v) is 7.66. The van der Waals surface area contributed by atoms with Gasteiger partial charge >= 0.3 is 0 Å². The number of carbonyl (C=O) groups is 1. The van der Waals surface area contributed by atoms with Crippen LogP contribution in [0.15, 0.2) is 41.0 Å². The number of nitro groups is 1. The Morgan fingerprint density at radius 1 is 1.29 bits per heavy atom. The van der Waals surface area contributed by atoms with Crippen LogP contribution in [0.2, 0.25) is 0 Å². The van der Waals surface area contributed by atoms with Crippen molar-refractivity contribution in [2.45, 2.75) is 39.5 Å². The number of fused-ring (bicyclic) bond motifs is 2. The highest BCUT2D eigenvalue weighted by Gasteiger charge is 2.27. The van der Waals surface area contributed by atoms with Gasteiger partial charge in [0.15, 0.2) is 0 Å². The molecule has 0 N–H and O–H groups in total. The third kappa shape index (κ3) is 3.05. The molecule has 2 heterocycles. The van der Waals surface area contributed by atoms with E-state index < -0.39 is 4.92 Å². The minimum atomic E-state index is -0.406. The van der Waals surface area contributed by atoms with E-state index in [4.69, 9.17) is 4.42 Å². The monoisotopic (exact) mass is 378 g/mol. The summed E-state index contributed by atoms with van der Waals surface area (Å²) in [5.41, 5.74) is 5.77. The molecule has 0 aliphatic carbocycles. The second-order valence-electron chi connectivity index (χ2n) is 7.66. The van der Waals surface area contributed by atoms with Gasteiger partial charge in [-0.25, -0.2) is 0 Å². The van der Waals surface area contributed by atoms with Crippen molar-refractivity contribution >= 4 is 28.3 Å². The standard InChI is InChI=1S/C22H22N2O4/c1-13(2)18-11-19-16(12-28-21(19)8-14(18)3)10-22(25)23-7-6-15-9-17(24(26)27)4-5-20(15)23/h4-5,8-9,11-13H,6-7,10H2,1-3H3. The van der Waals surface area contributed by atoms with E-state index in [0.29, 0.717) is 18.9 Å². The number of nitrogens with zero attached hydrogens (tertiary/aromatic N) is 2. The number of aryl methyl sites for hydroxylation is 1. The molecule has 1 amide bonds. The summed E-state index contributed by atoms with van der Waals surface area (Å²) >= 11 is 0. The van der Waals surface area contributed by atoms with Crippen molar-refractivity contribution in [2.75, 3.05) is 11.4 Å². The molecule has 0 atom stereocenters. The topological polar surface area (TPSA) is 76.6 Å². The van der Waals surface area contributed by atoms with Crippen LogP contribution in [0, 0.1) is 17.0 Å². The Morgan fingerprint density at radius 2 is 2.07 bits per heavy atom. The van der Waals surface area contributed by atoms with Gasteiger partial charge in [0, 0.05) is 35.3 Å². The zero-order valence-corrected chi connectivity index (χ0v) is 16.2. The zero-order valence-electron chi connectivity index (χ0n) is 16.2. The van der Waals surface area contributed by atoms with E-state index in [1.807, 2.05) is 6.07 Å². The Hall–Kier alpha value is -3.15. The van der Waals surface area contributed by atoms with Gasteiger partial charge in [0.1, 0.15) is 5.58 Å². The fraction of sp³-hybridized carbons (Fsp3) is 0.318. The van der Waals surface area contributed by atoms with Crippen LogP contribution < -0.4 is 4.90 Å². The Labute approximate surface area is 162 Å². The summed E-state index contributed by atoms with van der Waals surface area (Å²) in [5.74, 6) is 0.367. The molecule has 6 heteroatoms. The molecule has 0 bridgehead atoms. The normalized spacial score (nSPS) is 13.4. The van der Waals surface area contributed by atoms with Crippen LogP contribution >= 0.6 is 0 Å². The molecule has 1 aromatic heterocycles. The zero-order chi connectivity index (χ0) is 20.0. The highest BCUT2D eigenvalue weighted by atomic mass is 16.6. The third-order valence-corrected chi connectivity index (χ3v) is 5.48. The van der Waals surface area contributed by atoms with Gasteiger partial charge < -0.3 is 9.32 Å². The summed E-state index contributed by atoms with van der Waals surface area (Å²) in [7, 11) is 0. The van der Waals surface area contributed by atoms with Crippen LogP contribution in [0.4, 0.5) is 11.4 Å². The number of carbonyl (C=O) groups excluding carboxylic acids is 1.